The topological polar surface area (TPSA) is 55.7 Å². The van der Waals surface area contributed by atoms with Gasteiger partial charge in [-0.05, 0) is 39.4 Å². The molecule has 0 aromatic carbocycles. The van der Waals surface area contributed by atoms with E-state index in [1.807, 2.05) is 6.92 Å². The first-order valence-corrected chi connectivity index (χ1v) is 7.18. The summed E-state index contributed by atoms with van der Waals surface area (Å²) in [7, 11) is 0. The van der Waals surface area contributed by atoms with Crippen LogP contribution in [-0.4, -0.2) is 60.5 Å². The Labute approximate surface area is 112 Å². The summed E-state index contributed by atoms with van der Waals surface area (Å²) in [4.78, 5) is 2.43. The highest BCUT2D eigenvalue weighted by Gasteiger charge is 2.22. The Bertz CT molecular complexity index is 192. The molecule has 0 rings (SSSR count). The van der Waals surface area contributed by atoms with E-state index in [2.05, 4.69) is 31.0 Å². The Balaban J connectivity index is 3.74. The van der Waals surface area contributed by atoms with Crippen molar-refractivity contribution in [3.63, 3.8) is 0 Å². The zero-order valence-corrected chi connectivity index (χ0v) is 12.6. The molecule has 1 unspecified atom stereocenters. The number of hydrogen-bond donors (Lipinski definition) is 3. The average molecular weight is 260 g/mol. The molecule has 110 valence electrons. The third kappa shape index (κ3) is 7.31. The lowest BCUT2D eigenvalue weighted by Crippen LogP contribution is -2.41. The molecule has 0 radical (unpaired) electrons. The molecule has 0 aromatic heterocycles. The summed E-state index contributed by atoms with van der Waals surface area (Å²) in [6.07, 6.45) is 2.31. The molecule has 4 nitrogen and oxygen atoms in total. The quantitative estimate of drug-likeness (QED) is 0.520. The van der Waals surface area contributed by atoms with Crippen molar-refractivity contribution < 1.29 is 10.2 Å². The summed E-state index contributed by atoms with van der Waals surface area (Å²) < 4.78 is 0. The fourth-order valence-electron chi connectivity index (χ4n) is 1.85. The predicted octanol–water partition coefficient (Wildman–Crippen LogP) is 1.08. The molecule has 0 spiro atoms. The van der Waals surface area contributed by atoms with Crippen molar-refractivity contribution in [3.8, 4) is 0 Å². The second kappa shape index (κ2) is 9.73. The van der Waals surface area contributed by atoms with Gasteiger partial charge in [-0.2, -0.15) is 0 Å². The van der Waals surface area contributed by atoms with Gasteiger partial charge in [-0.15, -0.1) is 0 Å². The molecule has 0 aliphatic carbocycles. The zero-order valence-electron chi connectivity index (χ0n) is 12.6. The van der Waals surface area contributed by atoms with E-state index in [9.17, 15) is 10.2 Å². The van der Waals surface area contributed by atoms with Crippen LogP contribution in [0.4, 0.5) is 0 Å². The van der Waals surface area contributed by atoms with Crippen LogP contribution >= 0.6 is 0 Å². The number of aliphatic hydroxyl groups is 2. The van der Waals surface area contributed by atoms with Crippen LogP contribution in [0.2, 0.25) is 0 Å². The molecule has 0 saturated carbocycles. The number of rotatable bonds is 11. The average Bonchev–Trinajstić information content (AvgIpc) is 2.41. The van der Waals surface area contributed by atoms with Crippen molar-refractivity contribution in [2.45, 2.75) is 46.6 Å². The molecule has 0 amide bonds. The third-order valence-corrected chi connectivity index (χ3v) is 3.65. The molecule has 0 aliphatic rings. The predicted molar refractivity (Wildman–Crippen MR) is 76.8 cm³/mol. The molecule has 4 heteroatoms. The highest BCUT2D eigenvalue weighted by atomic mass is 16.3. The number of aliphatic hydroxyl groups excluding tert-OH is 2. The molecule has 1 atom stereocenters. The van der Waals surface area contributed by atoms with E-state index in [0.29, 0.717) is 12.6 Å². The van der Waals surface area contributed by atoms with Gasteiger partial charge < -0.3 is 20.4 Å². The van der Waals surface area contributed by atoms with Crippen molar-refractivity contribution >= 4 is 0 Å². The Morgan fingerprint density at radius 2 is 1.72 bits per heavy atom. The summed E-state index contributed by atoms with van der Waals surface area (Å²) in [6.45, 7) is 12.5. The summed E-state index contributed by atoms with van der Waals surface area (Å²) in [5, 5.41) is 21.8. The van der Waals surface area contributed by atoms with Crippen molar-refractivity contribution in [1.29, 1.82) is 0 Å². The van der Waals surface area contributed by atoms with Crippen LogP contribution in [0.25, 0.3) is 0 Å². The summed E-state index contributed by atoms with van der Waals surface area (Å²) in [6, 6.07) is 0.429. The first kappa shape index (κ1) is 17.8. The minimum atomic E-state index is -0.410. The van der Waals surface area contributed by atoms with Gasteiger partial charge in [-0.3, -0.25) is 0 Å². The van der Waals surface area contributed by atoms with Gasteiger partial charge in [0, 0.05) is 18.0 Å². The molecule has 0 bridgehead atoms. The van der Waals surface area contributed by atoms with E-state index in [-0.39, 0.29) is 13.2 Å². The fraction of sp³-hybridized carbons (Fsp3) is 1.00. The second-order valence-electron chi connectivity index (χ2n) is 5.58. The minimum Gasteiger partial charge on any atom is -0.396 e. The van der Waals surface area contributed by atoms with Crippen molar-refractivity contribution in [1.82, 2.24) is 10.2 Å². The molecular weight excluding hydrogens is 228 g/mol. The van der Waals surface area contributed by atoms with Crippen LogP contribution in [-0.2, 0) is 0 Å². The lowest BCUT2D eigenvalue weighted by atomic mass is 9.92. The normalized spacial score (nSPS) is 14.2. The third-order valence-electron chi connectivity index (χ3n) is 3.65. The van der Waals surface area contributed by atoms with Crippen molar-refractivity contribution in [3.05, 3.63) is 0 Å². The van der Waals surface area contributed by atoms with Crippen LogP contribution in [0.3, 0.4) is 0 Å². The maximum Gasteiger partial charge on any atom is 0.0518 e. The Hall–Kier alpha value is -0.160. The van der Waals surface area contributed by atoms with Crippen molar-refractivity contribution in [2.24, 2.45) is 5.41 Å². The van der Waals surface area contributed by atoms with Crippen LogP contribution in [0, 0.1) is 5.41 Å². The summed E-state index contributed by atoms with van der Waals surface area (Å²) in [5.41, 5.74) is -0.410. The largest absolute Gasteiger partial charge is 0.396 e. The van der Waals surface area contributed by atoms with E-state index >= 15 is 0 Å². The molecule has 0 fully saturated rings. The molecule has 18 heavy (non-hydrogen) atoms. The molecule has 0 heterocycles. The monoisotopic (exact) mass is 260 g/mol. The van der Waals surface area contributed by atoms with E-state index in [0.717, 1.165) is 26.1 Å². The van der Waals surface area contributed by atoms with Gasteiger partial charge in [0.25, 0.3) is 0 Å². The molecule has 3 N–H and O–H groups in total. The summed E-state index contributed by atoms with van der Waals surface area (Å²) >= 11 is 0. The van der Waals surface area contributed by atoms with E-state index in [1.54, 1.807) is 0 Å². The maximum absolute atomic E-state index is 9.20. The molecular formula is C14H32N2O2. The van der Waals surface area contributed by atoms with Gasteiger partial charge in [0.1, 0.15) is 0 Å². The van der Waals surface area contributed by atoms with Gasteiger partial charge in [0.2, 0.25) is 0 Å². The van der Waals surface area contributed by atoms with Crippen LogP contribution in [0.5, 0.6) is 0 Å². The van der Waals surface area contributed by atoms with Gasteiger partial charge in [-0.1, -0.05) is 20.8 Å². The smallest absolute Gasteiger partial charge is 0.0518 e. The van der Waals surface area contributed by atoms with Crippen LogP contribution < -0.4 is 5.32 Å². The lowest BCUT2D eigenvalue weighted by Gasteiger charge is -2.27. The number of hydrogen-bond acceptors (Lipinski definition) is 4. The van der Waals surface area contributed by atoms with Gasteiger partial charge >= 0.3 is 0 Å². The number of nitrogens with zero attached hydrogens (tertiary/aromatic N) is 1. The zero-order chi connectivity index (χ0) is 14.0. The van der Waals surface area contributed by atoms with Crippen molar-refractivity contribution in [2.75, 3.05) is 39.4 Å². The van der Waals surface area contributed by atoms with Gasteiger partial charge in [-0.25, -0.2) is 0 Å². The Morgan fingerprint density at radius 1 is 1.17 bits per heavy atom. The van der Waals surface area contributed by atoms with Gasteiger partial charge in [0.05, 0.1) is 13.2 Å². The van der Waals surface area contributed by atoms with E-state index in [1.165, 1.54) is 6.42 Å². The molecule has 0 saturated heterocycles. The van der Waals surface area contributed by atoms with Gasteiger partial charge in [0.15, 0.2) is 0 Å². The lowest BCUT2D eigenvalue weighted by molar-refractivity contribution is 0.0674. The van der Waals surface area contributed by atoms with Crippen LogP contribution in [0.1, 0.15) is 40.5 Å². The standard InChI is InChI=1S/C14H32N2O2/c1-5-16(6-2)9-7-8-13(3)15-10-14(4,11-17)12-18/h13,15,17-18H,5-12H2,1-4H3. The highest BCUT2D eigenvalue weighted by Crippen LogP contribution is 2.13. The SMILES string of the molecule is CCN(CC)CCCC(C)NCC(C)(CO)CO. The summed E-state index contributed by atoms with van der Waals surface area (Å²) in [5.74, 6) is 0. The maximum atomic E-state index is 9.20. The van der Waals surface area contributed by atoms with Crippen LogP contribution in [0.15, 0.2) is 0 Å². The second-order valence-corrected chi connectivity index (χ2v) is 5.58. The highest BCUT2D eigenvalue weighted by molar-refractivity contribution is 4.76. The first-order valence-electron chi connectivity index (χ1n) is 7.18. The first-order chi connectivity index (χ1) is 8.51. The Kier molecular flexibility index (Phi) is 9.64. The van der Waals surface area contributed by atoms with E-state index in [4.69, 9.17) is 0 Å². The minimum absolute atomic E-state index is 0.0165. The Morgan fingerprint density at radius 3 is 2.17 bits per heavy atom. The fourth-order valence-corrected chi connectivity index (χ4v) is 1.85. The number of nitrogens with one attached hydrogen (secondary N) is 1. The molecule has 0 aromatic rings. The van der Waals surface area contributed by atoms with E-state index < -0.39 is 5.41 Å². The molecule has 0 aliphatic heterocycles.